The number of piperidine rings is 1. The molecule has 1 saturated heterocycles. The number of furan rings is 1. The highest BCUT2D eigenvalue weighted by molar-refractivity contribution is 5.93. The second-order valence-corrected chi connectivity index (χ2v) is 7.00. The van der Waals surface area contributed by atoms with Crippen molar-refractivity contribution < 1.29 is 23.5 Å². The minimum absolute atomic E-state index is 0.0186. The summed E-state index contributed by atoms with van der Waals surface area (Å²) in [7, 11) is 0. The van der Waals surface area contributed by atoms with Gasteiger partial charge in [0.25, 0.3) is 5.91 Å². The highest BCUT2D eigenvalue weighted by Crippen LogP contribution is 2.18. The summed E-state index contributed by atoms with van der Waals surface area (Å²) < 4.78 is 16.0. The van der Waals surface area contributed by atoms with Crippen LogP contribution >= 0.6 is 0 Å². The number of rotatable bonds is 9. The fraction of sp³-hybridized carbons (Fsp3) is 0.455. The number of hydrogen-bond acceptors (Lipinski definition) is 5. The molecule has 2 aromatic rings. The zero-order valence-electron chi connectivity index (χ0n) is 16.8. The maximum Gasteiger partial charge on any atom is 0.257 e. The van der Waals surface area contributed by atoms with Gasteiger partial charge in [0.15, 0.2) is 0 Å². The third-order valence-corrected chi connectivity index (χ3v) is 4.87. The second kappa shape index (κ2) is 10.5. The Hall–Kier alpha value is -2.96. The maximum absolute atomic E-state index is 12.3. The van der Waals surface area contributed by atoms with E-state index in [-0.39, 0.29) is 17.9 Å². The zero-order valence-corrected chi connectivity index (χ0v) is 16.8. The lowest BCUT2D eigenvalue weighted by Crippen LogP contribution is -2.46. The number of ether oxygens (including phenoxy) is 2. The summed E-state index contributed by atoms with van der Waals surface area (Å²) in [5.74, 6) is 1.59. The first-order chi connectivity index (χ1) is 14.2. The highest BCUT2D eigenvalue weighted by atomic mass is 16.5. The number of nitrogens with one attached hydrogen (secondary N) is 1. The van der Waals surface area contributed by atoms with Gasteiger partial charge in [-0.15, -0.1) is 0 Å². The molecule has 0 spiro atoms. The Morgan fingerprint density at radius 1 is 1.10 bits per heavy atom. The molecule has 1 aromatic carbocycles. The predicted octanol–water partition coefficient (Wildman–Crippen LogP) is 3.26. The predicted molar refractivity (Wildman–Crippen MR) is 108 cm³/mol. The minimum atomic E-state index is -0.0186. The Morgan fingerprint density at radius 3 is 2.41 bits per heavy atom. The molecule has 2 heterocycles. The normalized spacial score (nSPS) is 14.4. The van der Waals surface area contributed by atoms with Gasteiger partial charge in [-0.25, -0.2) is 0 Å². The molecule has 1 aliphatic rings. The molecule has 7 nitrogen and oxygen atoms in total. The summed E-state index contributed by atoms with van der Waals surface area (Å²) >= 11 is 0. The van der Waals surface area contributed by atoms with E-state index in [4.69, 9.17) is 13.9 Å². The number of hydrogen-bond donors (Lipinski definition) is 1. The van der Waals surface area contributed by atoms with Crippen molar-refractivity contribution in [2.24, 2.45) is 0 Å². The van der Waals surface area contributed by atoms with Crippen LogP contribution in [0.5, 0.6) is 11.5 Å². The first-order valence-corrected chi connectivity index (χ1v) is 10.1. The number of likely N-dealkylation sites (tertiary alicyclic amines) is 1. The number of benzene rings is 1. The van der Waals surface area contributed by atoms with Crippen molar-refractivity contribution in [2.45, 2.75) is 38.6 Å². The Bertz CT molecular complexity index is 765. The molecule has 0 saturated carbocycles. The van der Waals surface area contributed by atoms with Crippen molar-refractivity contribution in [3.8, 4) is 11.5 Å². The lowest BCUT2D eigenvalue weighted by atomic mass is 10.0. The summed E-state index contributed by atoms with van der Waals surface area (Å²) in [6.45, 7) is 4.33. The van der Waals surface area contributed by atoms with Gasteiger partial charge in [0.1, 0.15) is 17.8 Å². The molecular formula is C22H28N2O5. The topological polar surface area (TPSA) is 81.0 Å². The average Bonchev–Trinajstić information content (AvgIpc) is 3.28. The number of amides is 2. The van der Waals surface area contributed by atoms with Crippen LogP contribution in [0, 0.1) is 0 Å². The molecule has 7 heteroatoms. The Labute approximate surface area is 171 Å². The molecule has 1 fully saturated rings. The van der Waals surface area contributed by atoms with Gasteiger partial charge in [0.2, 0.25) is 5.91 Å². The molecule has 0 atom stereocenters. The molecule has 29 heavy (non-hydrogen) atoms. The van der Waals surface area contributed by atoms with Crippen LogP contribution in [-0.2, 0) is 4.79 Å². The van der Waals surface area contributed by atoms with E-state index in [0.29, 0.717) is 44.7 Å². The molecule has 2 amide bonds. The van der Waals surface area contributed by atoms with E-state index in [1.165, 1.54) is 12.5 Å². The molecule has 1 aliphatic heterocycles. The molecule has 156 valence electrons. The number of carbonyl (C=O) groups excluding carboxylic acids is 2. The molecule has 0 aliphatic carbocycles. The van der Waals surface area contributed by atoms with Gasteiger partial charge < -0.3 is 24.1 Å². The standard InChI is InChI=1S/C22H28N2O5/c1-2-28-19-5-7-20(8-6-19)29-14-3-4-21(25)23-18-9-12-24(13-10-18)22(26)17-11-15-27-16-17/h5-8,11,15-16,18H,2-4,9-10,12-14H2,1H3,(H,23,25). The lowest BCUT2D eigenvalue weighted by Gasteiger charge is -2.32. The Balaban J connectivity index is 1.29. The van der Waals surface area contributed by atoms with Gasteiger partial charge in [-0.1, -0.05) is 0 Å². The van der Waals surface area contributed by atoms with Gasteiger partial charge in [-0.05, 0) is 56.5 Å². The van der Waals surface area contributed by atoms with Crippen LogP contribution in [0.2, 0.25) is 0 Å². The Morgan fingerprint density at radius 2 is 1.79 bits per heavy atom. The maximum atomic E-state index is 12.3. The highest BCUT2D eigenvalue weighted by Gasteiger charge is 2.24. The second-order valence-electron chi connectivity index (χ2n) is 7.00. The van der Waals surface area contributed by atoms with Crippen molar-refractivity contribution >= 4 is 11.8 Å². The van der Waals surface area contributed by atoms with E-state index in [9.17, 15) is 9.59 Å². The summed E-state index contributed by atoms with van der Waals surface area (Å²) in [5, 5.41) is 3.07. The van der Waals surface area contributed by atoms with Crippen molar-refractivity contribution in [2.75, 3.05) is 26.3 Å². The summed E-state index contributed by atoms with van der Waals surface area (Å²) in [4.78, 5) is 26.3. The first kappa shape index (κ1) is 20.8. The van der Waals surface area contributed by atoms with Gasteiger partial charge in [0.05, 0.1) is 25.0 Å². The van der Waals surface area contributed by atoms with E-state index in [0.717, 1.165) is 24.3 Å². The van der Waals surface area contributed by atoms with E-state index in [1.54, 1.807) is 11.0 Å². The quantitative estimate of drug-likeness (QED) is 0.654. The molecule has 0 unspecified atom stereocenters. The zero-order chi connectivity index (χ0) is 20.5. The molecule has 3 rings (SSSR count). The van der Waals surface area contributed by atoms with Gasteiger partial charge >= 0.3 is 0 Å². The first-order valence-electron chi connectivity index (χ1n) is 10.1. The third-order valence-electron chi connectivity index (χ3n) is 4.87. The van der Waals surface area contributed by atoms with Gasteiger partial charge in [-0.3, -0.25) is 9.59 Å². The number of nitrogens with zero attached hydrogens (tertiary/aromatic N) is 1. The van der Waals surface area contributed by atoms with Crippen LogP contribution in [0.25, 0.3) is 0 Å². The van der Waals surface area contributed by atoms with Crippen LogP contribution < -0.4 is 14.8 Å². The van der Waals surface area contributed by atoms with Crippen LogP contribution in [-0.4, -0.2) is 49.1 Å². The van der Waals surface area contributed by atoms with Gasteiger partial charge in [-0.2, -0.15) is 0 Å². The SMILES string of the molecule is CCOc1ccc(OCCCC(=O)NC2CCN(C(=O)c3ccoc3)CC2)cc1. The molecular weight excluding hydrogens is 372 g/mol. The van der Waals surface area contributed by atoms with Crippen LogP contribution in [0.15, 0.2) is 47.3 Å². The van der Waals surface area contributed by atoms with E-state index < -0.39 is 0 Å². The van der Waals surface area contributed by atoms with Crippen molar-refractivity contribution in [3.05, 3.63) is 48.4 Å². The Kier molecular flexibility index (Phi) is 7.55. The molecule has 0 bridgehead atoms. The van der Waals surface area contributed by atoms with Crippen LogP contribution in [0.3, 0.4) is 0 Å². The van der Waals surface area contributed by atoms with E-state index >= 15 is 0 Å². The smallest absolute Gasteiger partial charge is 0.257 e. The number of carbonyl (C=O) groups is 2. The summed E-state index contributed by atoms with van der Waals surface area (Å²) in [6, 6.07) is 9.26. The average molecular weight is 400 g/mol. The summed E-state index contributed by atoms with van der Waals surface area (Å²) in [6.07, 6.45) is 5.56. The summed E-state index contributed by atoms with van der Waals surface area (Å²) in [5.41, 5.74) is 0.569. The van der Waals surface area contributed by atoms with E-state index in [1.807, 2.05) is 31.2 Å². The minimum Gasteiger partial charge on any atom is -0.494 e. The largest absolute Gasteiger partial charge is 0.494 e. The molecule has 1 N–H and O–H groups in total. The van der Waals surface area contributed by atoms with Crippen molar-refractivity contribution in [3.63, 3.8) is 0 Å². The van der Waals surface area contributed by atoms with E-state index in [2.05, 4.69) is 5.32 Å². The third kappa shape index (κ3) is 6.27. The van der Waals surface area contributed by atoms with Crippen molar-refractivity contribution in [1.82, 2.24) is 10.2 Å². The van der Waals surface area contributed by atoms with Gasteiger partial charge in [0, 0.05) is 25.6 Å². The fourth-order valence-corrected chi connectivity index (χ4v) is 3.32. The monoisotopic (exact) mass is 400 g/mol. The lowest BCUT2D eigenvalue weighted by molar-refractivity contribution is -0.122. The fourth-order valence-electron chi connectivity index (χ4n) is 3.32. The van der Waals surface area contributed by atoms with Crippen LogP contribution in [0.1, 0.15) is 43.0 Å². The van der Waals surface area contributed by atoms with Crippen LogP contribution in [0.4, 0.5) is 0 Å². The molecule has 0 radical (unpaired) electrons. The van der Waals surface area contributed by atoms with Crippen molar-refractivity contribution in [1.29, 1.82) is 0 Å². The molecule has 1 aromatic heterocycles.